The van der Waals surface area contributed by atoms with Crippen LogP contribution in [0.3, 0.4) is 0 Å². The third-order valence-corrected chi connectivity index (χ3v) is 1.98. The topological polar surface area (TPSA) is 85.2 Å². The van der Waals surface area contributed by atoms with E-state index in [1.165, 1.54) is 14.0 Å². The fraction of sp³-hybridized carbons (Fsp3) is 0.875. The summed E-state index contributed by atoms with van der Waals surface area (Å²) >= 11 is 0. The Morgan fingerprint density at radius 2 is 2.14 bits per heavy atom. The van der Waals surface area contributed by atoms with E-state index in [1.54, 1.807) is 0 Å². The standard InChI is InChI=1S/C8H14O6/c1-4(9)14-8-7(12-2)6(11)5(10)3-13-8/h5-8,10-11H,3H2,1-2H3. The minimum atomic E-state index is -1.11. The highest BCUT2D eigenvalue weighted by molar-refractivity contribution is 5.66. The molecule has 0 aromatic rings. The van der Waals surface area contributed by atoms with E-state index < -0.39 is 30.6 Å². The summed E-state index contributed by atoms with van der Waals surface area (Å²) in [5.41, 5.74) is 0. The SMILES string of the molecule is COC1C(OC(C)=O)OCC(O)C1O. The molecule has 0 spiro atoms. The van der Waals surface area contributed by atoms with Gasteiger partial charge in [-0.2, -0.15) is 0 Å². The van der Waals surface area contributed by atoms with Gasteiger partial charge >= 0.3 is 5.97 Å². The predicted molar refractivity (Wildman–Crippen MR) is 44.3 cm³/mol. The van der Waals surface area contributed by atoms with Gasteiger partial charge < -0.3 is 24.4 Å². The first kappa shape index (κ1) is 11.4. The monoisotopic (exact) mass is 206 g/mol. The number of hydrogen-bond acceptors (Lipinski definition) is 6. The molecule has 1 heterocycles. The van der Waals surface area contributed by atoms with Crippen LogP contribution in [-0.4, -0.2) is 54.5 Å². The second-order valence-electron chi connectivity index (χ2n) is 3.07. The third-order valence-electron chi connectivity index (χ3n) is 1.98. The average molecular weight is 206 g/mol. The summed E-state index contributed by atoms with van der Waals surface area (Å²) in [6.07, 6.45) is -3.96. The molecule has 1 aliphatic heterocycles. The quantitative estimate of drug-likeness (QED) is 0.543. The minimum absolute atomic E-state index is 0.0844. The lowest BCUT2D eigenvalue weighted by Crippen LogP contribution is -2.54. The van der Waals surface area contributed by atoms with Crippen molar-refractivity contribution in [2.24, 2.45) is 0 Å². The molecule has 1 fully saturated rings. The molecular formula is C8H14O6. The van der Waals surface area contributed by atoms with Crippen LogP contribution in [0.15, 0.2) is 0 Å². The van der Waals surface area contributed by atoms with E-state index >= 15 is 0 Å². The Morgan fingerprint density at radius 3 is 2.64 bits per heavy atom. The highest BCUT2D eigenvalue weighted by Gasteiger charge is 2.40. The number of rotatable bonds is 2. The zero-order valence-electron chi connectivity index (χ0n) is 8.04. The Bertz CT molecular complexity index is 206. The molecule has 0 bridgehead atoms. The first-order valence-electron chi connectivity index (χ1n) is 4.24. The van der Waals surface area contributed by atoms with Crippen molar-refractivity contribution in [2.45, 2.75) is 31.5 Å². The van der Waals surface area contributed by atoms with E-state index in [9.17, 15) is 15.0 Å². The van der Waals surface area contributed by atoms with E-state index in [0.29, 0.717) is 0 Å². The first-order chi connectivity index (χ1) is 6.56. The molecule has 14 heavy (non-hydrogen) atoms. The molecule has 0 aromatic heterocycles. The van der Waals surface area contributed by atoms with Gasteiger partial charge in [0.15, 0.2) is 0 Å². The summed E-state index contributed by atoms with van der Waals surface area (Å²) in [5, 5.41) is 18.7. The molecule has 0 amide bonds. The smallest absolute Gasteiger partial charge is 0.305 e. The molecule has 4 atom stereocenters. The lowest BCUT2D eigenvalue weighted by atomic mass is 10.1. The van der Waals surface area contributed by atoms with E-state index in [1.807, 2.05) is 0 Å². The largest absolute Gasteiger partial charge is 0.433 e. The van der Waals surface area contributed by atoms with Crippen LogP contribution in [0.25, 0.3) is 0 Å². The van der Waals surface area contributed by atoms with Gasteiger partial charge in [-0.05, 0) is 0 Å². The highest BCUT2D eigenvalue weighted by atomic mass is 16.7. The van der Waals surface area contributed by atoms with Gasteiger partial charge in [0.25, 0.3) is 0 Å². The van der Waals surface area contributed by atoms with Crippen LogP contribution >= 0.6 is 0 Å². The van der Waals surface area contributed by atoms with Crippen molar-refractivity contribution in [3.63, 3.8) is 0 Å². The number of aliphatic hydroxyl groups is 2. The van der Waals surface area contributed by atoms with E-state index in [2.05, 4.69) is 0 Å². The molecule has 6 nitrogen and oxygen atoms in total. The molecule has 1 aliphatic rings. The molecule has 0 aliphatic carbocycles. The van der Waals surface area contributed by atoms with Crippen LogP contribution < -0.4 is 0 Å². The van der Waals surface area contributed by atoms with E-state index in [0.717, 1.165) is 0 Å². The van der Waals surface area contributed by atoms with Crippen molar-refractivity contribution in [3.05, 3.63) is 0 Å². The Morgan fingerprint density at radius 1 is 1.50 bits per heavy atom. The summed E-state index contributed by atoms with van der Waals surface area (Å²) in [7, 11) is 1.34. The number of esters is 1. The maximum atomic E-state index is 10.7. The van der Waals surface area contributed by atoms with Gasteiger partial charge in [0.1, 0.15) is 18.3 Å². The summed E-state index contributed by atoms with van der Waals surface area (Å²) in [6, 6.07) is 0. The van der Waals surface area contributed by atoms with Gasteiger partial charge in [-0.25, -0.2) is 0 Å². The van der Waals surface area contributed by atoms with Crippen LogP contribution in [0.1, 0.15) is 6.92 Å². The molecular weight excluding hydrogens is 192 g/mol. The molecule has 0 saturated carbocycles. The molecule has 2 N–H and O–H groups in total. The van der Waals surface area contributed by atoms with Gasteiger partial charge in [-0.3, -0.25) is 4.79 Å². The number of carbonyl (C=O) groups excluding carboxylic acids is 1. The van der Waals surface area contributed by atoms with Crippen molar-refractivity contribution >= 4 is 5.97 Å². The first-order valence-corrected chi connectivity index (χ1v) is 4.24. The molecule has 6 heteroatoms. The fourth-order valence-corrected chi connectivity index (χ4v) is 1.28. The number of aliphatic hydroxyl groups excluding tert-OH is 2. The van der Waals surface area contributed by atoms with Crippen LogP contribution in [0.4, 0.5) is 0 Å². The number of methoxy groups -OCH3 is 1. The Hall–Kier alpha value is -0.690. The molecule has 1 saturated heterocycles. The van der Waals surface area contributed by atoms with E-state index in [4.69, 9.17) is 14.2 Å². The Kier molecular flexibility index (Phi) is 3.82. The van der Waals surface area contributed by atoms with Crippen molar-refractivity contribution < 1.29 is 29.2 Å². The maximum absolute atomic E-state index is 10.7. The highest BCUT2D eigenvalue weighted by Crippen LogP contribution is 2.19. The third kappa shape index (κ3) is 2.42. The van der Waals surface area contributed by atoms with Crippen LogP contribution in [0.2, 0.25) is 0 Å². The van der Waals surface area contributed by atoms with E-state index in [-0.39, 0.29) is 6.61 Å². The van der Waals surface area contributed by atoms with Gasteiger partial charge in [0, 0.05) is 14.0 Å². The summed E-state index contributed by atoms with van der Waals surface area (Å²) < 4.78 is 14.6. The van der Waals surface area contributed by atoms with Crippen LogP contribution in [0.5, 0.6) is 0 Å². The van der Waals surface area contributed by atoms with Crippen molar-refractivity contribution in [1.29, 1.82) is 0 Å². The molecule has 0 radical (unpaired) electrons. The second-order valence-corrected chi connectivity index (χ2v) is 3.07. The molecule has 4 unspecified atom stereocenters. The second kappa shape index (κ2) is 4.70. The summed E-state index contributed by atoms with van der Waals surface area (Å²) in [5.74, 6) is -0.527. The summed E-state index contributed by atoms with van der Waals surface area (Å²) in [6.45, 7) is 1.15. The average Bonchev–Trinajstić information content (AvgIpc) is 2.11. The number of hydrogen-bond donors (Lipinski definition) is 2. The number of carbonyl (C=O) groups is 1. The fourth-order valence-electron chi connectivity index (χ4n) is 1.28. The van der Waals surface area contributed by atoms with Crippen LogP contribution in [-0.2, 0) is 19.0 Å². The van der Waals surface area contributed by atoms with Crippen LogP contribution in [0, 0.1) is 0 Å². The van der Waals surface area contributed by atoms with Gasteiger partial charge in [-0.15, -0.1) is 0 Å². The molecule has 1 rings (SSSR count). The maximum Gasteiger partial charge on any atom is 0.305 e. The van der Waals surface area contributed by atoms with Gasteiger partial charge in [-0.1, -0.05) is 0 Å². The lowest BCUT2D eigenvalue weighted by Gasteiger charge is -2.36. The van der Waals surface area contributed by atoms with Gasteiger partial charge in [0.2, 0.25) is 6.29 Å². The Labute approximate surface area is 81.4 Å². The zero-order valence-corrected chi connectivity index (χ0v) is 8.04. The Balaban J connectivity index is 2.62. The lowest BCUT2D eigenvalue weighted by molar-refractivity contribution is -0.267. The minimum Gasteiger partial charge on any atom is -0.433 e. The number of ether oxygens (including phenoxy) is 3. The molecule has 82 valence electrons. The molecule has 0 aromatic carbocycles. The normalized spacial score (nSPS) is 38.0. The predicted octanol–water partition coefficient (Wildman–Crippen LogP) is -1.36. The summed E-state index contributed by atoms with van der Waals surface area (Å²) in [4.78, 5) is 10.7. The van der Waals surface area contributed by atoms with Crippen molar-refractivity contribution in [2.75, 3.05) is 13.7 Å². The van der Waals surface area contributed by atoms with Crippen molar-refractivity contribution in [1.82, 2.24) is 0 Å². The van der Waals surface area contributed by atoms with Crippen molar-refractivity contribution in [3.8, 4) is 0 Å². The van der Waals surface area contributed by atoms with Gasteiger partial charge in [0.05, 0.1) is 6.61 Å². The zero-order chi connectivity index (χ0) is 10.7.